The lowest BCUT2D eigenvalue weighted by atomic mass is 10.1. The second-order valence-electron chi connectivity index (χ2n) is 2.59. The molecule has 4 heteroatoms. The van der Waals surface area contributed by atoms with E-state index in [4.69, 9.17) is 17.3 Å². The van der Waals surface area contributed by atoms with Crippen molar-refractivity contribution in [3.8, 4) is 0 Å². The van der Waals surface area contributed by atoms with E-state index in [0.29, 0.717) is 16.3 Å². The molecule has 0 unspecified atom stereocenters. The van der Waals surface area contributed by atoms with Crippen molar-refractivity contribution in [3.05, 3.63) is 34.9 Å². The smallest absolute Gasteiger partial charge is 0.129 e. The monoisotopic (exact) mass is 200 g/mol. The Balaban J connectivity index is 3.07. The molecule has 0 saturated heterocycles. The van der Waals surface area contributed by atoms with Crippen molar-refractivity contribution in [1.82, 2.24) is 4.98 Å². The molecule has 0 fully saturated rings. The van der Waals surface area contributed by atoms with Crippen LogP contribution in [0.2, 0.25) is 5.15 Å². The first-order valence-corrected chi connectivity index (χ1v) is 4.20. The summed E-state index contributed by atoms with van der Waals surface area (Å²) in [4.78, 5) is 3.84. The number of pyridine rings is 1. The Hall–Kier alpha value is -0.930. The molecule has 0 saturated carbocycles. The highest BCUT2D eigenvalue weighted by atomic mass is 35.5. The summed E-state index contributed by atoms with van der Waals surface area (Å²) >= 11 is 5.59. The first kappa shape index (κ1) is 10.2. The Bertz CT molecular complexity index is 315. The standard InChI is InChI=1S/C9H10ClFN2/c1-6(11)8(4-12)7-2-3-9(10)13-5-7/h2-3,5H,4,12H2,1H3/b8-6-. The fourth-order valence-corrected chi connectivity index (χ4v) is 1.12. The predicted octanol–water partition coefficient (Wildman–Crippen LogP) is 2.39. The third-order valence-electron chi connectivity index (χ3n) is 1.70. The Labute approximate surface area is 81.2 Å². The highest BCUT2D eigenvalue weighted by Crippen LogP contribution is 2.18. The molecule has 70 valence electrons. The molecule has 13 heavy (non-hydrogen) atoms. The molecule has 0 aliphatic heterocycles. The largest absolute Gasteiger partial charge is 0.326 e. The zero-order chi connectivity index (χ0) is 9.84. The van der Waals surface area contributed by atoms with Crippen LogP contribution in [0.15, 0.2) is 24.2 Å². The van der Waals surface area contributed by atoms with Gasteiger partial charge in [0.1, 0.15) is 11.0 Å². The molecule has 2 nitrogen and oxygen atoms in total. The Morgan fingerprint density at radius 2 is 2.31 bits per heavy atom. The number of nitrogens with zero attached hydrogens (tertiary/aromatic N) is 1. The molecule has 2 N–H and O–H groups in total. The van der Waals surface area contributed by atoms with Crippen molar-refractivity contribution in [3.63, 3.8) is 0 Å². The fraction of sp³-hybridized carbons (Fsp3) is 0.222. The van der Waals surface area contributed by atoms with Gasteiger partial charge < -0.3 is 5.73 Å². The number of nitrogens with two attached hydrogens (primary N) is 1. The van der Waals surface area contributed by atoms with Crippen molar-refractivity contribution in [2.24, 2.45) is 5.73 Å². The maximum Gasteiger partial charge on any atom is 0.129 e. The van der Waals surface area contributed by atoms with E-state index < -0.39 is 0 Å². The average Bonchev–Trinajstić information content (AvgIpc) is 2.09. The van der Waals surface area contributed by atoms with Crippen LogP contribution >= 0.6 is 11.6 Å². The summed E-state index contributed by atoms with van der Waals surface area (Å²) in [5, 5.41) is 0.386. The van der Waals surface area contributed by atoms with Gasteiger partial charge in [-0.1, -0.05) is 11.6 Å². The van der Waals surface area contributed by atoms with Crippen molar-refractivity contribution < 1.29 is 4.39 Å². The Kier molecular flexibility index (Phi) is 3.39. The van der Waals surface area contributed by atoms with Crippen LogP contribution in [0.25, 0.3) is 5.57 Å². The van der Waals surface area contributed by atoms with Crippen LogP contribution in [0.5, 0.6) is 0 Å². The summed E-state index contributed by atoms with van der Waals surface area (Å²) in [6, 6.07) is 3.30. The number of rotatable bonds is 2. The van der Waals surface area contributed by atoms with E-state index in [2.05, 4.69) is 4.98 Å². The van der Waals surface area contributed by atoms with Crippen molar-refractivity contribution in [2.45, 2.75) is 6.92 Å². The van der Waals surface area contributed by atoms with Crippen LogP contribution in [0.3, 0.4) is 0 Å². The van der Waals surface area contributed by atoms with Gasteiger partial charge in [-0.2, -0.15) is 0 Å². The van der Waals surface area contributed by atoms with Crippen molar-refractivity contribution in [1.29, 1.82) is 0 Å². The zero-order valence-corrected chi connectivity index (χ0v) is 7.98. The number of hydrogen-bond acceptors (Lipinski definition) is 2. The minimum absolute atomic E-state index is 0.158. The van der Waals surface area contributed by atoms with Gasteiger partial charge in [-0.25, -0.2) is 9.37 Å². The van der Waals surface area contributed by atoms with E-state index >= 15 is 0 Å². The van der Waals surface area contributed by atoms with Crippen LogP contribution in [-0.4, -0.2) is 11.5 Å². The average molecular weight is 201 g/mol. The summed E-state index contributed by atoms with van der Waals surface area (Å²) in [5.41, 5.74) is 6.52. The maximum absolute atomic E-state index is 12.9. The first-order valence-electron chi connectivity index (χ1n) is 3.82. The van der Waals surface area contributed by atoms with Gasteiger partial charge in [0.2, 0.25) is 0 Å². The second-order valence-corrected chi connectivity index (χ2v) is 2.97. The van der Waals surface area contributed by atoms with Gasteiger partial charge in [-0.05, 0) is 24.6 Å². The summed E-state index contributed by atoms with van der Waals surface area (Å²) in [7, 11) is 0. The lowest BCUT2D eigenvalue weighted by molar-refractivity contribution is 0.641. The van der Waals surface area contributed by atoms with E-state index in [1.807, 2.05) is 0 Å². The lowest BCUT2D eigenvalue weighted by Crippen LogP contribution is -2.03. The number of hydrogen-bond donors (Lipinski definition) is 1. The summed E-state index contributed by atoms with van der Waals surface area (Å²) in [6.07, 6.45) is 1.51. The van der Waals surface area contributed by atoms with Gasteiger partial charge in [0.25, 0.3) is 0 Å². The van der Waals surface area contributed by atoms with E-state index in [1.165, 1.54) is 13.1 Å². The van der Waals surface area contributed by atoms with Gasteiger partial charge in [-0.3, -0.25) is 0 Å². The number of halogens is 2. The Morgan fingerprint density at radius 1 is 1.62 bits per heavy atom. The molecule has 1 aromatic rings. The van der Waals surface area contributed by atoms with Gasteiger partial charge in [0, 0.05) is 18.3 Å². The van der Waals surface area contributed by atoms with E-state index in [9.17, 15) is 4.39 Å². The van der Waals surface area contributed by atoms with Gasteiger partial charge in [-0.15, -0.1) is 0 Å². The molecule has 0 radical (unpaired) electrons. The molecule has 0 aliphatic carbocycles. The van der Waals surface area contributed by atoms with Crippen LogP contribution in [0, 0.1) is 0 Å². The fourth-order valence-electron chi connectivity index (χ4n) is 1.01. The molecular formula is C9H10ClFN2. The SMILES string of the molecule is C/C(F)=C(\CN)c1ccc(Cl)nc1. The van der Waals surface area contributed by atoms with Gasteiger partial charge >= 0.3 is 0 Å². The first-order chi connectivity index (χ1) is 6.15. The normalized spacial score (nSPS) is 12.6. The molecule has 0 spiro atoms. The quantitative estimate of drug-likeness (QED) is 0.745. The molecule has 1 rings (SSSR count). The summed E-state index contributed by atoms with van der Waals surface area (Å²) < 4.78 is 12.9. The minimum Gasteiger partial charge on any atom is -0.326 e. The third kappa shape index (κ3) is 2.50. The lowest BCUT2D eigenvalue weighted by Gasteiger charge is -2.04. The minimum atomic E-state index is -0.286. The molecule has 0 aliphatic rings. The molecule has 0 aromatic carbocycles. The summed E-state index contributed by atoms with van der Waals surface area (Å²) in [5.74, 6) is -0.286. The number of aromatic nitrogens is 1. The molecule has 1 aromatic heterocycles. The van der Waals surface area contributed by atoms with Crippen LogP contribution < -0.4 is 5.73 Å². The van der Waals surface area contributed by atoms with Crippen LogP contribution in [-0.2, 0) is 0 Å². The topological polar surface area (TPSA) is 38.9 Å². The highest BCUT2D eigenvalue weighted by molar-refractivity contribution is 6.29. The third-order valence-corrected chi connectivity index (χ3v) is 1.92. The predicted molar refractivity (Wildman–Crippen MR) is 52.0 cm³/mol. The van der Waals surface area contributed by atoms with Gasteiger partial charge in [0.15, 0.2) is 0 Å². The second kappa shape index (κ2) is 4.35. The highest BCUT2D eigenvalue weighted by Gasteiger charge is 2.03. The zero-order valence-electron chi connectivity index (χ0n) is 7.22. The summed E-state index contributed by atoms with van der Waals surface area (Å²) in [6.45, 7) is 1.53. The molecular weight excluding hydrogens is 191 g/mol. The van der Waals surface area contributed by atoms with Crippen LogP contribution in [0.4, 0.5) is 4.39 Å². The van der Waals surface area contributed by atoms with Gasteiger partial charge in [0.05, 0.1) is 0 Å². The maximum atomic E-state index is 12.9. The molecule has 1 heterocycles. The van der Waals surface area contributed by atoms with E-state index in [1.54, 1.807) is 12.1 Å². The van der Waals surface area contributed by atoms with E-state index in [-0.39, 0.29) is 12.4 Å². The molecule has 0 bridgehead atoms. The molecule has 0 atom stereocenters. The van der Waals surface area contributed by atoms with Crippen molar-refractivity contribution in [2.75, 3.05) is 6.54 Å². The van der Waals surface area contributed by atoms with E-state index in [0.717, 1.165) is 0 Å². The Morgan fingerprint density at radius 3 is 2.69 bits per heavy atom. The van der Waals surface area contributed by atoms with Crippen molar-refractivity contribution >= 4 is 17.2 Å². The van der Waals surface area contributed by atoms with Crippen LogP contribution in [0.1, 0.15) is 12.5 Å². The number of allylic oxidation sites excluding steroid dienone is 1. The molecule has 0 amide bonds.